The predicted molar refractivity (Wildman–Crippen MR) is 120 cm³/mol. The first-order chi connectivity index (χ1) is 13.9. The zero-order valence-corrected chi connectivity index (χ0v) is 18.7. The second-order valence-electron chi connectivity index (χ2n) is 6.01. The third-order valence-electron chi connectivity index (χ3n) is 3.96. The van der Waals surface area contributed by atoms with Gasteiger partial charge >= 0.3 is 0 Å². The van der Waals surface area contributed by atoms with Crippen molar-refractivity contribution in [2.75, 3.05) is 10.8 Å². The number of halogens is 1. The monoisotopic (exact) mass is 491 g/mol. The molecule has 0 unspecified atom stereocenters. The van der Waals surface area contributed by atoms with Gasteiger partial charge in [-0.15, -0.1) is 11.3 Å². The first-order valence-corrected chi connectivity index (χ1v) is 11.7. The number of sulfonamides is 1. The minimum Gasteiger partial charge on any atom is -0.271 e. The van der Waals surface area contributed by atoms with Crippen molar-refractivity contribution in [3.8, 4) is 0 Å². The van der Waals surface area contributed by atoms with Gasteiger partial charge in [0.15, 0.2) is 0 Å². The average Bonchev–Trinajstić information content (AvgIpc) is 3.26. The van der Waals surface area contributed by atoms with Gasteiger partial charge in [-0.1, -0.05) is 40.2 Å². The molecule has 9 heteroatoms. The van der Waals surface area contributed by atoms with Gasteiger partial charge in [0.1, 0.15) is 6.54 Å². The molecule has 0 saturated carbocycles. The first-order valence-electron chi connectivity index (χ1n) is 8.58. The van der Waals surface area contributed by atoms with E-state index in [9.17, 15) is 13.2 Å². The molecule has 0 spiro atoms. The Morgan fingerprint density at radius 2 is 1.76 bits per heavy atom. The van der Waals surface area contributed by atoms with Gasteiger partial charge in [-0.2, -0.15) is 5.10 Å². The largest absolute Gasteiger partial charge is 0.271 e. The van der Waals surface area contributed by atoms with Crippen LogP contribution in [0.1, 0.15) is 11.8 Å². The maximum atomic E-state index is 13.2. The Morgan fingerprint density at radius 3 is 2.38 bits per heavy atom. The third-order valence-corrected chi connectivity index (χ3v) is 7.25. The Hall–Kier alpha value is -2.49. The quantitative estimate of drug-likeness (QED) is 0.396. The Balaban J connectivity index is 1.86. The van der Waals surface area contributed by atoms with Crippen molar-refractivity contribution in [3.63, 3.8) is 0 Å². The average molecular weight is 492 g/mol. The molecule has 0 atom stereocenters. The second-order valence-corrected chi connectivity index (χ2v) is 9.74. The molecule has 3 aromatic rings. The van der Waals surface area contributed by atoms with Crippen molar-refractivity contribution in [3.05, 3.63) is 81.5 Å². The van der Waals surface area contributed by atoms with E-state index in [1.165, 1.54) is 23.5 Å². The smallest absolute Gasteiger partial charge is 0.264 e. The van der Waals surface area contributed by atoms with E-state index in [0.717, 1.165) is 13.7 Å². The normalized spacial score (nSPS) is 11.9. The summed E-state index contributed by atoms with van der Waals surface area (Å²) in [5, 5.41) is 6.00. The third kappa shape index (κ3) is 5.31. The SMILES string of the molecule is C/C(=N/NC(=O)CN(c1ccc(Br)cc1)S(=O)(=O)c1ccccc1)c1cccs1. The molecule has 0 bridgehead atoms. The van der Waals surface area contributed by atoms with Crippen molar-refractivity contribution in [1.29, 1.82) is 0 Å². The van der Waals surface area contributed by atoms with Gasteiger partial charge in [0.05, 0.1) is 16.3 Å². The summed E-state index contributed by atoms with van der Waals surface area (Å²) in [5.41, 5.74) is 3.47. The van der Waals surface area contributed by atoms with Crippen LogP contribution in [0, 0.1) is 0 Å². The van der Waals surface area contributed by atoms with Crippen molar-refractivity contribution >= 4 is 54.6 Å². The van der Waals surface area contributed by atoms with Gasteiger partial charge in [-0.05, 0) is 54.8 Å². The molecule has 0 aliphatic rings. The molecule has 150 valence electrons. The lowest BCUT2D eigenvalue weighted by atomic mass is 10.3. The molecule has 29 heavy (non-hydrogen) atoms. The highest BCUT2D eigenvalue weighted by atomic mass is 79.9. The van der Waals surface area contributed by atoms with Crippen LogP contribution in [0.3, 0.4) is 0 Å². The van der Waals surface area contributed by atoms with E-state index in [1.807, 2.05) is 17.5 Å². The van der Waals surface area contributed by atoms with Crippen molar-refractivity contribution in [2.45, 2.75) is 11.8 Å². The number of hydrogen-bond acceptors (Lipinski definition) is 5. The van der Waals surface area contributed by atoms with E-state index in [2.05, 4.69) is 26.5 Å². The molecule has 0 aliphatic carbocycles. The molecule has 0 fully saturated rings. The number of amides is 1. The van der Waals surface area contributed by atoms with Crippen molar-refractivity contribution in [2.24, 2.45) is 5.10 Å². The maximum absolute atomic E-state index is 13.2. The van der Waals surface area contributed by atoms with Gasteiger partial charge < -0.3 is 0 Å². The van der Waals surface area contributed by atoms with Crippen LogP contribution in [-0.4, -0.2) is 26.6 Å². The van der Waals surface area contributed by atoms with Crippen LogP contribution >= 0.6 is 27.3 Å². The lowest BCUT2D eigenvalue weighted by Crippen LogP contribution is -2.39. The predicted octanol–water partition coefficient (Wildman–Crippen LogP) is 4.25. The lowest BCUT2D eigenvalue weighted by molar-refractivity contribution is -0.119. The zero-order valence-electron chi connectivity index (χ0n) is 15.4. The number of carbonyl (C=O) groups is 1. The number of nitrogens with zero attached hydrogens (tertiary/aromatic N) is 2. The first kappa shape index (κ1) is 21.2. The van der Waals surface area contributed by atoms with E-state index in [0.29, 0.717) is 11.4 Å². The van der Waals surface area contributed by atoms with Crippen LogP contribution in [0.25, 0.3) is 0 Å². The van der Waals surface area contributed by atoms with Crippen LogP contribution in [0.2, 0.25) is 0 Å². The minimum absolute atomic E-state index is 0.106. The van der Waals surface area contributed by atoms with Crippen LogP contribution in [0.15, 0.2) is 86.6 Å². The van der Waals surface area contributed by atoms with Crippen molar-refractivity contribution in [1.82, 2.24) is 5.43 Å². The number of rotatable bonds is 7. The Kier molecular flexibility index (Phi) is 6.83. The van der Waals surface area contributed by atoms with E-state index >= 15 is 0 Å². The maximum Gasteiger partial charge on any atom is 0.264 e. The highest BCUT2D eigenvalue weighted by molar-refractivity contribution is 9.10. The molecule has 0 saturated heterocycles. The molecule has 3 rings (SSSR count). The number of benzene rings is 2. The van der Waals surface area contributed by atoms with Gasteiger partial charge in [0.2, 0.25) is 0 Å². The summed E-state index contributed by atoms with van der Waals surface area (Å²) >= 11 is 4.84. The summed E-state index contributed by atoms with van der Waals surface area (Å²) in [6.07, 6.45) is 0. The Morgan fingerprint density at radius 1 is 1.07 bits per heavy atom. The topological polar surface area (TPSA) is 78.8 Å². The number of carbonyl (C=O) groups excluding carboxylic acids is 1. The summed E-state index contributed by atoms with van der Waals surface area (Å²) < 4.78 is 28.2. The molecule has 2 aromatic carbocycles. The number of thiophene rings is 1. The molecule has 1 N–H and O–H groups in total. The van der Waals surface area contributed by atoms with E-state index < -0.39 is 22.5 Å². The summed E-state index contributed by atoms with van der Waals surface area (Å²) in [7, 11) is -3.93. The summed E-state index contributed by atoms with van der Waals surface area (Å²) in [6.45, 7) is 1.37. The van der Waals surface area contributed by atoms with Crippen LogP contribution in [-0.2, 0) is 14.8 Å². The zero-order chi connectivity index (χ0) is 20.9. The minimum atomic E-state index is -3.93. The number of hydrazone groups is 1. The van der Waals surface area contributed by atoms with Gasteiger partial charge in [0, 0.05) is 9.35 Å². The summed E-state index contributed by atoms with van der Waals surface area (Å²) in [5.74, 6) is -0.539. The Bertz CT molecular complexity index is 1100. The molecule has 1 heterocycles. The molecule has 6 nitrogen and oxygen atoms in total. The van der Waals surface area contributed by atoms with Crippen molar-refractivity contribution < 1.29 is 13.2 Å². The summed E-state index contributed by atoms with van der Waals surface area (Å²) in [6, 6.07) is 18.5. The molecule has 0 aliphatic heterocycles. The molecule has 0 radical (unpaired) electrons. The number of anilines is 1. The standard InChI is InChI=1S/C20H18BrN3O3S2/c1-15(19-8-5-13-28-19)22-23-20(25)14-24(17-11-9-16(21)10-12-17)29(26,27)18-6-3-2-4-7-18/h2-13H,14H2,1H3,(H,23,25)/b22-15-. The second kappa shape index (κ2) is 9.34. The van der Waals surface area contributed by atoms with Gasteiger partial charge in [-0.3, -0.25) is 9.10 Å². The van der Waals surface area contributed by atoms with Crippen LogP contribution < -0.4 is 9.73 Å². The molecule has 1 aromatic heterocycles. The fraction of sp³-hybridized carbons (Fsp3) is 0.100. The number of nitrogens with one attached hydrogen (secondary N) is 1. The number of hydrogen-bond donors (Lipinski definition) is 1. The van der Waals surface area contributed by atoms with E-state index in [4.69, 9.17) is 0 Å². The summed E-state index contributed by atoms with van der Waals surface area (Å²) in [4.78, 5) is 13.5. The molecule has 1 amide bonds. The van der Waals surface area contributed by atoms with Gasteiger partial charge in [-0.25, -0.2) is 13.8 Å². The fourth-order valence-corrected chi connectivity index (χ4v) is 4.88. The highest BCUT2D eigenvalue weighted by Gasteiger charge is 2.27. The molecular formula is C20H18BrN3O3S2. The van der Waals surface area contributed by atoms with Crippen LogP contribution in [0.4, 0.5) is 5.69 Å². The van der Waals surface area contributed by atoms with E-state index in [-0.39, 0.29) is 4.90 Å². The van der Waals surface area contributed by atoms with E-state index in [1.54, 1.807) is 49.4 Å². The highest BCUT2D eigenvalue weighted by Crippen LogP contribution is 2.25. The lowest BCUT2D eigenvalue weighted by Gasteiger charge is -2.23. The Labute approximate surface area is 182 Å². The van der Waals surface area contributed by atoms with Crippen LogP contribution in [0.5, 0.6) is 0 Å². The van der Waals surface area contributed by atoms with Gasteiger partial charge in [0.25, 0.3) is 15.9 Å². The fourth-order valence-electron chi connectivity index (χ4n) is 2.49. The molecular weight excluding hydrogens is 474 g/mol.